The summed E-state index contributed by atoms with van der Waals surface area (Å²) in [6, 6.07) is 2.16. The fourth-order valence-corrected chi connectivity index (χ4v) is 0.989. The monoisotopic (exact) mass is 177 g/mol. The van der Waals surface area contributed by atoms with Crippen LogP contribution in [-0.2, 0) is 5.41 Å². The molecule has 0 N–H and O–H groups in total. The Morgan fingerprint density at radius 3 is 2.77 bits per heavy atom. The van der Waals surface area contributed by atoms with Crippen LogP contribution in [0.25, 0.3) is 0 Å². The molecule has 0 bridgehead atoms. The Balaban J connectivity index is 3.22. The molecule has 0 aliphatic carbocycles. The highest BCUT2D eigenvalue weighted by Gasteiger charge is 2.25. The van der Waals surface area contributed by atoms with E-state index in [1.54, 1.807) is 20.0 Å². The van der Waals surface area contributed by atoms with Gasteiger partial charge in [-0.15, -0.1) is 0 Å². The topological polar surface area (TPSA) is 58.8 Å². The van der Waals surface area contributed by atoms with Crippen LogP contribution in [0.3, 0.4) is 0 Å². The number of hydrogen-bond donors (Lipinski definition) is 0. The summed E-state index contributed by atoms with van der Waals surface area (Å²) in [5, 5.41) is 8.90. The van der Waals surface area contributed by atoms with Crippen molar-refractivity contribution in [1.82, 2.24) is 9.97 Å². The number of hydrogen-bond acceptors (Lipinski definition) is 4. The molecule has 4 nitrogen and oxygen atoms in total. The third-order valence-corrected chi connectivity index (χ3v) is 1.77. The van der Waals surface area contributed by atoms with Crippen molar-refractivity contribution < 1.29 is 4.74 Å². The minimum absolute atomic E-state index is 0.550. The second-order valence-electron chi connectivity index (χ2n) is 3.18. The highest BCUT2D eigenvalue weighted by atomic mass is 16.5. The van der Waals surface area contributed by atoms with Crippen molar-refractivity contribution in [3.63, 3.8) is 0 Å². The van der Waals surface area contributed by atoms with Gasteiger partial charge in [0.05, 0.1) is 24.8 Å². The van der Waals surface area contributed by atoms with Crippen LogP contribution in [-0.4, -0.2) is 17.1 Å². The number of aromatic nitrogens is 2. The molecule has 0 saturated carbocycles. The standard InChI is InChI=1S/C9H11N3O/c1-9(2,5-10)8-7(13-3)4-11-6-12-8/h4,6H,1-3H3. The number of nitriles is 1. The van der Waals surface area contributed by atoms with Crippen LogP contribution >= 0.6 is 0 Å². The van der Waals surface area contributed by atoms with Crippen LogP contribution in [0.1, 0.15) is 19.5 Å². The molecule has 0 aromatic carbocycles. The van der Waals surface area contributed by atoms with E-state index in [1.165, 1.54) is 13.4 Å². The molecule has 0 saturated heterocycles. The Morgan fingerprint density at radius 2 is 2.23 bits per heavy atom. The van der Waals surface area contributed by atoms with Gasteiger partial charge in [0.15, 0.2) is 5.75 Å². The van der Waals surface area contributed by atoms with E-state index in [4.69, 9.17) is 10.00 Å². The Kier molecular flexibility index (Phi) is 2.47. The van der Waals surface area contributed by atoms with Gasteiger partial charge in [0.2, 0.25) is 0 Å². The van der Waals surface area contributed by atoms with E-state index < -0.39 is 5.41 Å². The zero-order chi connectivity index (χ0) is 9.90. The smallest absolute Gasteiger partial charge is 0.160 e. The second kappa shape index (κ2) is 3.40. The van der Waals surface area contributed by atoms with Gasteiger partial charge in [0, 0.05) is 0 Å². The SMILES string of the molecule is COc1cncnc1C(C)(C)C#N. The van der Waals surface area contributed by atoms with Gasteiger partial charge >= 0.3 is 0 Å². The van der Waals surface area contributed by atoms with E-state index in [-0.39, 0.29) is 0 Å². The summed E-state index contributed by atoms with van der Waals surface area (Å²) in [7, 11) is 1.54. The lowest BCUT2D eigenvalue weighted by Gasteiger charge is -2.16. The average molecular weight is 177 g/mol. The minimum atomic E-state index is -0.645. The van der Waals surface area contributed by atoms with Crippen molar-refractivity contribution in [2.75, 3.05) is 7.11 Å². The highest BCUT2D eigenvalue weighted by Crippen LogP contribution is 2.27. The van der Waals surface area contributed by atoms with Crippen molar-refractivity contribution in [1.29, 1.82) is 5.26 Å². The lowest BCUT2D eigenvalue weighted by atomic mass is 9.90. The molecule has 4 heteroatoms. The molecule has 13 heavy (non-hydrogen) atoms. The highest BCUT2D eigenvalue weighted by molar-refractivity contribution is 5.34. The summed E-state index contributed by atoms with van der Waals surface area (Å²) in [5.74, 6) is 0.550. The summed E-state index contributed by atoms with van der Waals surface area (Å²) in [6.45, 7) is 3.58. The molecule has 0 spiro atoms. The molecule has 0 aliphatic heterocycles. The van der Waals surface area contributed by atoms with Gasteiger partial charge in [-0.25, -0.2) is 9.97 Å². The first kappa shape index (κ1) is 9.46. The fourth-order valence-electron chi connectivity index (χ4n) is 0.989. The van der Waals surface area contributed by atoms with E-state index in [2.05, 4.69) is 16.0 Å². The van der Waals surface area contributed by atoms with Crippen LogP contribution < -0.4 is 4.74 Å². The molecule has 1 aromatic heterocycles. The summed E-state index contributed by atoms with van der Waals surface area (Å²) in [4.78, 5) is 7.85. The average Bonchev–Trinajstić information content (AvgIpc) is 2.18. The van der Waals surface area contributed by atoms with Crippen LogP contribution in [0.4, 0.5) is 0 Å². The van der Waals surface area contributed by atoms with Gasteiger partial charge in [0.25, 0.3) is 0 Å². The Morgan fingerprint density at radius 1 is 1.54 bits per heavy atom. The predicted octanol–water partition coefficient (Wildman–Crippen LogP) is 1.29. The molecule has 1 heterocycles. The van der Waals surface area contributed by atoms with Crippen molar-refractivity contribution in [3.8, 4) is 11.8 Å². The van der Waals surface area contributed by atoms with Gasteiger partial charge in [0.1, 0.15) is 12.0 Å². The zero-order valence-corrected chi connectivity index (χ0v) is 7.90. The molecular formula is C9H11N3O. The predicted molar refractivity (Wildman–Crippen MR) is 47.2 cm³/mol. The van der Waals surface area contributed by atoms with Crippen LogP contribution in [0, 0.1) is 11.3 Å². The minimum Gasteiger partial charge on any atom is -0.493 e. The maximum absolute atomic E-state index is 8.90. The number of ether oxygens (including phenoxy) is 1. The second-order valence-corrected chi connectivity index (χ2v) is 3.18. The van der Waals surface area contributed by atoms with Gasteiger partial charge in [-0.3, -0.25) is 0 Å². The van der Waals surface area contributed by atoms with Crippen LogP contribution in [0.2, 0.25) is 0 Å². The molecule has 0 radical (unpaired) electrons. The molecule has 0 atom stereocenters. The Hall–Kier alpha value is -1.63. The molecule has 0 amide bonds. The first-order valence-electron chi connectivity index (χ1n) is 3.87. The van der Waals surface area contributed by atoms with Crippen molar-refractivity contribution in [2.45, 2.75) is 19.3 Å². The third-order valence-electron chi connectivity index (χ3n) is 1.77. The zero-order valence-electron chi connectivity index (χ0n) is 7.90. The van der Waals surface area contributed by atoms with Gasteiger partial charge in [-0.2, -0.15) is 5.26 Å². The van der Waals surface area contributed by atoms with E-state index in [1.807, 2.05) is 0 Å². The molecule has 68 valence electrons. The normalized spacial score (nSPS) is 10.6. The molecule has 1 rings (SSSR count). The van der Waals surface area contributed by atoms with Crippen LogP contribution in [0.15, 0.2) is 12.5 Å². The summed E-state index contributed by atoms with van der Waals surface area (Å²) in [6.07, 6.45) is 2.97. The van der Waals surface area contributed by atoms with Crippen molar-refractivity contribution in [2.24, 2.45) is 0 Å². The van der Waals surface area contributed by atoms with E-state index in [9.17, 15) is 0 Å². The maximum atomic E-state index is 8.90. The summed E-state index contributed by atoms with van der Waals surface area (Å²) in [5.41, 5.74) is -0.0265. The fraction of sp³-hybridized carbons (Fsp3) is 0.444. The summed E-state index contributed by atoms with van der Waals surface area (Å²) < 4.78 is 5.06. The van der Waals surface area contributed by atoms with Gasteiger partial charge < -0.3 is 4.74 Å². The van der Waals surface area contributed by atoms with E-state index in [0.717, 1.165) is 0 Å². The van der Waals surface area contributed by atoms with Gasteiger partial charge in [-0.05, 0) is 13.8 Å². The largest absolute Gasteiger partial charge is 0.493 e. The number of methoxy groups -OCH3 is 1. The first-order valence-corrected chi connectivity index (χ1v) is 3.87. The number of nitrogens with zero attached hydrogens (tertiary/aromatic N) is 3. The first-order chi connectivity index (χ1) is 6.11. The van der Waals surface area contributed by atoms with Gasteiger partial charge in [-0.1, -0.05) is 0 Å². The molecular weight excluding hydrogens is 166 g/mol. The Bertz CT molecular complexity index is 341. The quantitative estimate of drug-likeness (QED) is 0.682. The van der Waals surface area contributed by atoms with E-state index >= 15 is 0 Å². The third kappa shape index (κ3) is 1.75. The molecule has 0 aliphatic rings. The Labute approximate surface area is 77.2 Å². The molecule has 1 aromatic rings. The lowest BCUT2D eigenvalue weighted by molar-refractivity contribution is 0.396. The maximum Gasteiger partial charge on any atom is 0.160 e. The molecule has 0 unspecified atom stereocenters. The summed E-state index contributed by atoms with van der Waals surface area (Å²) >= 11 is 0. The lowest BCUT2D eigenvalue weighted by Crippen LogP contribution is -2.17. The van der Waals surface area contributed by atoms with Crippen molar-refractivity contribution >= 4 is 0 Å². The van der Waals surface area contributed by atoms with Crippen molar-refractivity contribution in [3.05, 3.63) is 18.2 Å². The number of rotatable bonds is 2. The molecule has 0 fully saturated rings. The van der Waals surface area contributed by atoms with Crippen LogP contribution in [0.5, 0.6) is 5.75 Å². The van der Waals surface area contributed by atoms with E-state index in [0.29, 0.717) is 11.4 Å².